The molecule has 1 aromatic carbocycles. The van der Waals surface area contributed by atoms with Gasteiger partial charge in [-0.3, -0.25) is 19.1 Å². The largest absolute Gasteiger partial charge is 0.383 e. The van der Waals surface area contributed by atoms with Crippen LogP contribution in [0.15, 0.2) is 45.1 Å². The lowest BCUT2D eigenvalue weighted by Gasteiger charge is -2.24. The second-order valence-electron chi connectivity index (χ2n) is 8.14. The molecule has 2 heterocycles. The van der Waals surface area contributed by atoms with Gasteiger partial charge in [0.25, 0.3) is 5.56 Å². The number of benzene rings is 1. The number of thioether (sulfide) groups is 1. The van der Waals surface area contributed by atoms with Crippen molar-refractivity contribution in [2.75, 3.05) is 22.9 Å². The zero-order chi connectivity index (χ0) is 25.4. The number of aromatic amines is 1. The molecule has 0 saturated carbocycles. The Morgan fingerprint density at radius 3 is 2.49 bits per heavy atom. The van der Waals surface area contributed by atoms with Gasteiger partial charge in [-0.2, -0.15) is 0 Å². The monoisotopic (exact) mass is 499 g/mol. The Morgan fingerprint density at radius 2 is 1.83 bits per heavy atom. The van der Waals surface area contributed by atoms with Crippen LogP contribution in [-0.2, 0) is 24.3 Å². The first-order valence-electron chi connectivity index (χ1n) is 11.9. The number of carbonyl (C=O) groups excluding carboxylic acids is 1. The lowest BCUT2D eigenvalue weighted by Crippen LogP contribution is -2.42. The van der Waals surface area contributed by atoms with Gasteiger partial charge in [0.15, 0.2) is 10.8 Å². The first-order valence-corrected chi connectivity index (χ1v) is 12.9. The van der Waals surface area contributed by atoms with Crippen molar-refractivity contribution in [3.05, 3.63) is 62.6 Å². The predicted octanol–water partition coefficient (Wildman–Crippen LogP) is 2.66. The van der Waals surface area contributed by atoms with Crippen molar-refractivity contribution in [3.8, 4) is 0 Å². The van der Waals surface area contributed by atoms with Crippen LogP contribution in [0, 0.1) is 0 Å². The summed E-state index contributed by atoms with van der Waals surface area (Å²) in [6.07, 6.45) is 2.82. The number of unbranched alkanes of at least 4 members (excludes halogenated alkanes) is 1. The maximum Gasteiger partial charge on any atom is 0.330 e. The van der Waals surface area contributed by atoms with Crippen LogP contribution in [0.2, 0.25) is 0 Å². The number of nitrogens with zero attached hydrogens (tertiary/aromatic N) is 5. The number of rotatable bonds is 12. The molecule has 0 aliphatic heterocycles. The number of anilines is 2. The van der Waals surface area contributed by atoms with Crippen molar-refractivity contribution in [1.82, 2.24) is 24.3 Å². The Bertz CT molecular complexity index is 1250. The number of carbonyl (C=O) groups is 1. The summed E-state index contributed by atoms with van der Waals surface area (Å²) in [6, 6.07) is 10.0. The van der Waals surface area contributed by atoms with E-state index in [9.17, 15) is 14.4 Å². The van der Waals surface area contributed by atoms with Gasteiger partial charge in [0, 0.05) is 26.1 Å². The van der Waals surface area contributed by atoms with E-state index in [4.69, 9.17) is 5.73 Å². The second-order valence-corrected chi connectivity index (χ2v) is 9.08. The van der Waals surface area contributed by atoms with Crippen molar-refractivity contribution < 1.29 is 4.79 Å². The lowest BCUT2D eigenvalue weighted by molar-refractivity contribution is -0.116. The molecule has 0 aliphatic carbocycles. The summed E-state index contributed by atoms with van der Waals surface area (Å²) in [6.45, 7) is 7.26. The van der Waals surface area contributed by atoms with Gasteiger partial charge in [0.1, 0.15) is 11.6 Å². The molecule has 10 nitrogen and oxygen atoms in total. The molecular formula is C24H33N7O3S. The molecule has 3 rings (SSSR count). The molecule has 0 spiro atoms. The summed E-state index contributed by atoms with van der Waals surface area (Å²) in [7, 11) is 0. The van der Waals surface area contributed by atoms with E-state index in [-0.39, 0.29) is 23.2 Å². The first kappa shape index (κ1) is 26.3. The summed E-state index contributed by atoms with van der Waals surface area (Å²) < 4.78 is 3.30. The third kappa shape index (κ3) is 6.21. The van der Waals surface area contributed by atoms with E-state index in [1.165, 1.54) is 21.2 Å². The van der Waals surface area contributed by atoms with Crippen molar-refractivity contribution >= 4 is 29.2 Å². The smallest absolute Gasteiger partial charge is 0.330 e. The van der Waals surface area contributed by atoms with E-state index < -0.39 is 11.2 Å². The van der Waals surface area contributed by atoms with E-state index >= 15 is 0 Å². The Labute approximate surface area is 208 Å². The fraction of sp³-hybridized carbons (Fsp3) is 0.458. The standard InChI is InChI=1S/C24H33N7O3S/c1-4-7-14-30(20-21(25)31(13-5-2)23(34)26-22(20)33)19(32)16-35-24-28-27-18(29(24)6-3)15-17-11-9-8-10-12-17/h8-12H,4-7,13-16,25H2,1-3H3,(H,26,33,34). The topological polar surface area (TPSA) is 132 Å². The maximum absolute atomic E-state index is 13.3. The van der Waals surface area contributed by atoms with Gasteiger partial charge in [0.2, 0.25) is 5.91 Å². The molecule has 0 radical (unpaired) electrons. The third-order valence-electron chi connectivity index (χ3n) is 5.61. The first-order chi connectivity index (χ1) is 16.9. The normalized spacial score (nSPS) is 11.1. The third-order valence-corrected chi connectivity index (χ3v) is 6.56. The molecule has 3 aromatic rings. The Balaban J connectivity index is 1.84. The molecular weight excluding hydrogens is 466 g/mol. The van der Waals surface area contributed by atoms with Crippen molar-refractivity contribution in [2.24, 2.45) is 0 Å². The zero-order valence-corrected chi connectivity index (χ0v) is 21.3. The SMILES string of the molecule is CCCCN(C(=O)CSc1nnc(Cc2ccccc2)n1CC)c1c(N)n(CCC)c(=O)[nH]c1=O. The highest BCUT2D eigenvalue weighted by Crippen LogP contribution is 2.23. The van der Waals surface area contributed by atoms with Gasteiger partial charge >= 0.3 is 5.69 Å². The number of H-pyrrole nitrogens is 1. The van der Waals surface area contributed by atoms with Gasteiger partial charge < -0.3 is 15.2 Å². The van der Waals surface area contributed by atoms with Crippen LogP contribution in [0.4, 0.5) is 11.5 Å². The minimum Gasteiger partial charge on any atom is -0.383 e. The minimum absolute atomic E-state index is 0.0110. The number of nitrogens with two attached hydrogens (primary N) is 1. The van der Waals surface area contributed by atoms with Crippen molar-refractivity contribution in [3.63, 3.8) is 0 Å². The van der Waals surface area contributed by atoms with E-state index in [2.05, 4.69) is 15.2 Å². The highest BCUT2D eigenvalue weighted by molar-refractivity contribution is 7.99. The molecule has 2 aromatic heterocycles. The van der Waals surface area contributed by atoms with Crippen molar-refractivity contribution in [2.45, 2.75) is 64.7 Å². The van der Waals surface area contributed by atoms with Gasteiger partial charge in [0.05, 0.1) is 5.75 Å². The number of nitrogen functional groups attached to an aromatic ring is 1. The van der Waals surface area contributed by atoms with Crippen LogP contribution in [-0.4, -0.2) is 42.5 Å². The number of amides is 1. The molecule has 0 atom stereocenters. The number of hydrogen-bond donors (Lipinski definition) is 2. The molecule has 0 fully saturated rings. The predicted molar refractivity (Wildman–Crippen MR) is 139 cm³/mol. The summed E-state index contributed by atoms with van der Waals surface area (Å²) >= 11 is 1.27. The van der Waals surface area contributed by atoms with Gasteiger partial charge in [-0.1, -0.05) is 62.4 Å². The highest BCUT2D eigenvalue weighted by Gasteiger charge is 2.24. The van der Waals surface area contributed by atoms with E-state index in [1.54, 1.807) is 0 Å². The average Bonchev–Trinajstić information content (AvgIpc) is 3.23. The Kier molecular flexibility index (Phi) is 9.30. The molecule has 11 heteroatoms. The van der Waals surface area contributed by atoms with E-state index in [0.29, 0.717) is 44.1 Å². The number of hydrogen-bond acceptors (Lipinski definition) is 7. The fourth-order valence-corrected chi connectivity index (χ4v) is 4.72. The fourth-order valence-electron chi connectivity index (χ4n) is 3.82. The minimum atomic E-state index is -0.656. The number of nitrogens with one attached hydrogen (secondary N) is 1. The Morgan fingerprint density at radius 1 is 1.09 bits per heavy atom. The summed E-state index contributed by atoms with van der Waals surface area (Å²) in [5.74, 6) is 0.609. The van der Waals surface area contributed by atoms with Gasteiger partial charge in [-0.05, 0) is 25.3 Å². The molecule has 35 heavy (non-hydrogen) atoms. The van der Waals surface area contributed by atoms with Crippen LogP contribution in [0.5, 0.6) is 0 Å². The maximum atomic E-state index is 13.3. The second kappa shape index (κ2) is 12.4. The molecule has 188 valence electrons. The van der Waals surface area contributed by atoms with Crippen LogP contribution in [0.3, 0.4) is 0 Å². The molecule has 3 N–H and O–H groups in total. The molecule has 0 unspecified atom stereocenters. The van der Waals surface area contributed by atoms with Crippen LogP contribution in [0.25, 0.3) is 0 Å². The average molecular weight is 500 g/mol. The zero-order valence-electron chi connectivity index (χ0n) is 20.5. The van der Waals surface area contributed by atoms with Crippen LogP contribution < -0.4 is 21.9 Å². The molecule has 0 bridgehead atoms. The van der Waals surface area contributed by atoms with Crippen LogP contribution in [0.1, 0.15) is 51.4 Å². The van der Waals surface area contributed by atoms with E-state index in [1.807, 2.05) is 55.7 Å². The van der Waals surface area contributed by atoms with Gasteiger partial charge in [-0.25, -0.2) is 4.79 Å². The molecule has 0 saturated heterocycles. The molecule has 1 amide bonds. The van der Waals surface area contributed by atoms with Gasteiger partial charge in [-0.15, -0.1) is 10.2 Å². The lowest BCUT2D eigenvalue weighted by atomic mass is 10.1. The Hall–Kier alpha value is -3.34. The summed E-state index contributed by atoms with van der Waals surface area (Å²) in [5.41, 5.74) is 6.15. The van der Waals surface area contributed by atoms with Crippen LogP contribution >= 0.6 is 11.8 Å². The quantitative estimate of drug-likeness (QED) is 0.366. The highest BCUT2D eigenvalue weighted by atomic mass is 32.2. The van der Waals surface area contributed by atoms with E-state index in [0.717, 1.165) is 17.8 Å². The molecule has 0 aliphatic rings. The summed E-state index contributed by atoms with van der Waals surface area (Å²) in [4.78, 5) is 42.0. The van der Waals surface area contributed by atoms with Crippen molar-refractivity contribution in [1.29, 1.82) is 0 Å². The summed E-state index contributed by atoms with van der Waals surface area (Å²) in [5, 5.41) is 9.28. The number of aromatic nitrogens is 5.